The van der Waals surface area contributed by atoms with E-state index in [9.17, 15) is 9.18 Å². The van der Waals surface area contributed by atoms with Crippen LogP contribution in [0.4, 0.5) is 4.39 Å². The minimum absolute atomic E-state index is 0.283. The van der Waals surface area contributed by atoms with Gasteiger partial charge in [-0.15, -0.1) is 0 Å². The van der Waals surface area contributed by atoms with Gasteiger partial charge in [0, 0.05) is 17.7 Å². The van der Waals surface area contributed by atoms with Gasteiger partial charge in [-0.25, -0.2) is 9.18 Å². The van der Waals surface area contributed by atoms with Crippen molar-refractivity contribution in [3.8, 4) is 5.75 Å². The molecule has 1 unspecified atom stereocenters. The quantitative estimate of drug-likeness (QED) is 0.781. The van der Waals surface area contributed by atoms with Crippen LogP contribution in [0.1, 0.15) is 45.2 Å². The highest BCUT2D eigenvalue weighted by Gasteiger charge is 2.23. The van der Waals surface area contributed by atoms with Crippen LogP contribution >= 0.6 is 0 Å². The summed E-state index contributed by atoms with van der Waals surface area (Å²) in [7, 11) is 0. The van der Waals surface area contributed by atoms with Gasteiger partial charge in [0.2, 0.25) is 0 Å². The summed E-state index contributed by atoms with van der Waals surface area (Å²) in [4.78, 5) is 11.8. The molecule has 2 atom stereocenters. The summed E-state index contributed by atoms with van der Waals surface area (Å²) >= 11 is 0. The molecule has 0 amide bonds. The van der Waals surface area contributed by atoms with Crippen LogP contribution in [0.25, 0.3) is 0 Å². The van der Waals surface area contributed by atoms with E-state index in [0.717, 1.165) is 6.42 Å². The number of rotatable bonds is 7. The fourth-order valence-corrected chi connectivity index (χ4v) is 1.86. The SMILES string of the molecule is CCCC(Oc1cc(F)ccc1[C@H](C)N)C(=O)OCC. The molecule has 20 heavy (non-hydrogen) atoms. The van der Waals surface area contributed by atoms with Gasteiger partial charge in [-0.3, -0.25) is 0 Å². The van der Waals surface area contributed by atoms with E-state index in [1.54, 1.807) is 19.9 Å². The van der Waals surface area contributed by atoms with E-state index in [0.29, 0.717) is 17.7 Å². The largest absolute Gasteiger partial charge is 0.478 e. The van der Waals surface area contributed by atoms with Crippen molar-refractivity contribution in [2.24, 2.45) is 5.73 Å². The number of esters is 1. The third-order valence-electron chi connectivity index (χ3n) is 2.84. The highest BCUT2D eigenvalue weighted by molar-refractivity contribution is 5.75. The Morgan fingerprint density at radius 2 is 2.10 bits per heavy atom. The average Bonchev–Trinajstić information content (AvgIpc) is 2.38. The molecule has 0 heterocycles. The molecule has 0 spiro atoms. The number of halogens is 1. The zero-order chi connectivity index (χ0) is 15.1. The number of hydrogen-bond acceptors (Lipinski definition) is 4. The minimum atomic E-state index is -0.737. The van der Waals surface area contributed by atoms with Crippen LogP contribution in [0.2, 0.25) is 0 Å². The minimum Gasteiger partial charge on any atom is -0.478 e. The number of hydrogen-bond donors (Lipinski definition) is 1. The smallest absolute Gasteiger partial charge is 0.347 e. The molecule has 1 aromatic rings. The maximum absolute atomic E-state index is 13.4. The molecule has 5 heteroatoms. The second kappa shape index (κ2) is 7.85. The molecule has 0 saturated heterocycles. The molecule has 0 saturated carbocycles. The van der Waals surface area contributed by atoms with Crippen LogP contribution in [0.5, 0.6) is 5.75 Å². The zero-order valence-corrected chi connectivity index (χ0v) is 12.2. The Morgan fingerprint density at radius 3 is 2.65 bits per heavy atom. The van der Waals surface area contributed by atoms with E-state index in [4.69, 9.17) is 15.2 Å². The van der Waals surface area contributed by atoms with Crippen molar-refractivity contribution >= 4 is 5.97 Å². The van der Waals surface area contributed by atoms with Gasteiger partial charge in [0.15, 0.2) is 6.10 Å². The van der Waals surface area contributed by atoms with E-state index in [1.165, 1.54) is 12.1 Å². The average molecular weight is 283 g/mol. The number of carbonyl (C=O) groups is 1. The van der Waals surface area contributed by atoms with E-state index < -0.39 is 17.9 Å². The molecule has 1 aromatic carbocycles. The first-order valence-corrected chi connectivity index (χ1v) is 6.87. The highest BCUT2D eigenvalue weighted by atomic mass is 19.1. The summed E-state index contributed by atoms with van der Waals surface area (Å²) in [6.45, 7) is 5.73. The third kappa shape index (κ3) is 4.49. The molecule has 112 valence electrons. The predicted octanol–water partition coefficient (Wildman–Crippen LogP) is 2.96. The molecular formula is C15H22FNO3. The first-order chi connectivity index (χ1) is 9.49. The number of carbonyl (C=O) groups excluding carboxylic acids is 1. The van der Waals surface area contributed by atoms with Crippen molar-refractivity contribution in [1.82, 2.24) is 0 Å². The van der Waals surface area contributed by atoms with Crippen LogP contribution in [0.15, 0.2) is 18.2 Å². The Labute approximate surface area is 119 Å². The Morgan fingerprint density at radius 1 is 1.40 bits per heavy atom. The maximum Gasteiger partial charge on any atom is 0.347 e. The molecule has 2 N–H and O–H groups in total. The van der Waals surface area contributed by atoms with Crippen molar-refractivity contribution in [3.63, 3.8) is 0 Å². The lowest BCUT2D eigenvalue weighted by Gasteiger charge is -2.20. The zero-order valence-electron chi connectivity index (χ0n) is 12.2. The lowest BCUT2D eigenvalue weighted by Crippen LogP contribution is -2.30. The van der Waals surface area contributed by atoms with E-state index >= 15 is 0 Å². The Hall–Kier alpha value is -1.62. The Bertz CT molecular complexity index is 449. The lowest BCUT2D eigenvalue weighted by atomic mass is 10.1. The van der Waals surface area contributed by atoms with Gasteiger partial charge >= 0.3 is 5.97 Å². The highest BCUT2D eigenvalue weighted by Crippen LogP contribution is 2.26. The Balaban J connectivity index is 2.97. The van der Waals surface area contributed by atoms with Crippen LogP contribution in [-0.4, -0.2) is 18.7 Å². The number of ether oxygens (including phenoxy) is 2. The normalized spacial score (nSPS) is 13.7. The summed E-state index contributed by atoms with van der Waals surface area (Å²) in [6.07, 6.45) is 0.527. The summed E-state index contributed by atoms with van der Waals surface area (Å²) in [5, 5.41) is 0. The van der Waals surface area contributed by atoms with Crippen LogP contribution in [0, 0.1) is 5.82 Å². The summed E-state index contributed by atoms with van der Waals surface area (Å²) in [5.41, 5.74) is 6.49. The maximum atomic E-state index is 13.4. The van der Waals surface area contributed by atoms with Gasteiger partial charge in [-0.05, 0) is 26.3 Å². The molecular weight excluding hydrogens is 261 g/mol. The topological polar surface area (TPSA) is 61.5 Å². The predicted molar refractivity (Wildman–Crippen MR) is 75.0 cm³/mol. The summed E-state index contributed by atoms with van der Waals surface area (Å²) in [5.74, 6) is -0.566. The van der Waals surface area contributed by atoms with E-state index in [2.05, 4.69) is 0 Å². The van der Waals surface area contributed by atoms with Crippen molar-refractivity contribution in [1.29, 1.82) is 0 Å². The molecule has 1 rings (SSSR count). The van der Waals surface area contributed by atoms with Crippen LogP contribution in [-0.2, 0) is 9.53 Å². The molecule has 0 aliphatic heterocycles. The molecule has 4 nitrogen and oxygen atoms in total. The molecule has 0 bridgehead atoms. The van der Waals surface area contributed by atoms with Crippen LogP contribution in [0.3, 0.4) is 0 Å². The standard InChI is InChI=1S/C15H22FNO3/c1-4-6-13(15(18)19-5-2)20-14-9-11(16)7-8-12(14)10(3)17/h7-10,13H,4-6,17H2,1-3H3/t10-,13?/m0/s1. The van der Waals surface area contributed by atoms with Gasteiger partial charge in [0.25, 0.3) is 0 Å². The van der Waals surface area contributed by atoms with Gasteiger partial charge < -0.3 is 15.2 Å². The van der Waals surface area contributed by atoms with Crippen LogP contribution < -0.4 is 10.5 Å². The van der Waals surface area contributed by atoms with Gasteiger partial charge in [-0.2, -0.15) is 0 Å². The first kappa shape index (κ1) is 16.4. The van der Waals surface area contributed by atoms with E-state index in [1.807, 2.05) is 6.92 Å². The fraction of sp³-hybridized carbons (Fsp3) is 0.533. The van der Waals surface area contributed by atoms with Crippen molar-refractivity contribution in [2.45, 2.75) is 45.8 Å². The molecule has 0 radical (unpaired) electrons. The first-order valence-electron chi connectivity index (χ1n) is 6.87. The van der Waals surface area contributed by atoms with Crippen molar-refractivity contribution < 1.29 is 18.7 Å². The lowest BCUT2D eigenvalue weighted by molar-refractivity contribution is -0.151. The summed E-state index contributed by atoms with van der Waals surface area (Å²) < 4.78 is 24.0. The number of nitrogens with two attached hydrogens (primary N) is 1. The Kier molecular flexibility index (Phi) is 6.45. The number of benzene rings is 1. The second-order valence-corrected chi connectivity index (χ2v) is 4.62. The summed E-state index contributed by atoms with van der Waals surface area (Å²) in [6, 6.07) is 3.84. The van der Waals surface area contributed by atoms with Gasteiger partial charge in [-0.1, -0.05) is 19.4 Å². The molecule has 0 aliphatic rings. The van der Waals surface area contributed by atoms with Gasteiger partial charge in [0.1, 0.15) is 11.6 Å². The second-order valence-electron chi connectivity index (χ2n) is 4.62. The van der Waals surface area contributed by atoms with Crippen molar-refractivity contribution in [3.05, 3.63) is 29.6 Å². The van der Waals surface area contributed by atoms with E-state index in [-0.39, 0.29) is 12.6 Å². The molecule has 0 aromatic heterocycles. The third-order valence-corrected chi connectivity index (χ3v) is 2.84. The molecule has 0 fully saturated rings. The van der Waals surface area contributed by atoms with Crippen molar-refractivity contribution in [2.75, 3.05) is 6.61 Å². The monoisotopic (exact) mass is 283 g/mol. The molecule has 0 aliphatic carbocycles. The fourth-order valence-electron chi connectivity index (χ4n) is 1.86. The van der Waals surface area contributed by atoms with Gasteiger partial charge in [0.05, 0.1) is 6.61 Å².